The van der Waals surface area contributed by atoms with E-state index in [0.29, 0.717) is 11.8 Å². The van der Waals surface area contributed by atoms with Gasteiger partial charge in [0.1, 0.15) is 0 Å². The van der Waals surface area contributed by atoms with E-state index in [1.165, 1.54) is 5.56 Å². The summed E-state index contributed by atoms with van der Waals surface area (Å²) in [6, 6.07) is 6.26. The van der Waals surface area contributed by atoms with Crippen molar-refractivity contribution in [1.82, 2.24) is 9.80 Å². The van der Waals surface area contributed by atoms with Crippen molar-refractivity contribution in [3.05, 3.63) is 29.3 Å². The molecule has 0 spiro atoms. The number of benzene rings is 1. The number of hydrogen-bond acceptors (Lipinski definition) is 2. The molecule has 1 fully saturated rings. The van der Waals surface area contributed by atoms with Gasteiger partial charge in [-0.2, -0.15) is 0 Å². The Morgan fingerprint density at radius 1 is 1.13 bits per heavy atom. The van der Waals surface area contributed by atoms with Gasteiger partial charge in [0, 0.05) is 38.4 Å². The van der Waals surface area contributed by atoms with Gasteiger partial charge >= 0.3 is 6.03 Å². The highest BCUT2D eigenvalue weighted by Gasteiger charge is 2.22. The Morgan fingerprint density at radius 3 is 2.35 bits per heavy atom. The topological polar surface area (TPSA) is 35.6 Å². The molecule has 128 valence electrons. The molecule has 23 heavy (non-hydrogen) atoms. The van der Waals surface area contributed by atoms with Gasteiger partial charge in [0.2, 0.25) is 0 Å². The van der Waals surface area contributed by atoms with Crippen LogP contribution in [0.3, 0.4) is 0 Å². The van der Waals surface area contributed by atoms with Gasteiger partial charge in [-0.15, -0.1) is 0 Å². The van der Waals surface area contributed by atoms with E-state index in [9.17, 15) is 4.79 Å². The molecule has 0 bridgehead atoms. The van der Waals surface area contributed by atoms with Crippen LogP contribution in [0.5, 0.6) is 0 Å². The Balaban J connectivity index is 1.99. The van der Waals surface area contributed by atoms with Gasteiger partial charge in [0.05, 0.1) is 0 Å². The number of carbonyl (C=O) groups excluding carboxylic acids is 1. The number of carbonyl (C=O) groups is 1. The predicted octanol–water partition coefficient (Wildman–Crippen LogP) is 3.92. The van der Waals surface area contributed by atoms with Crippen LogP contribution in [0.25, 0.3) is 0 Å². The standard InChI is InChI=1S/C19H31N3O/c1-14(2)13-21-9-11-22(12-10-21)19(23)20-18-16(5)7-6-8-17(18)15(3)4/h6-8,14-15H,9-13H2,1-5H3,(H,20,23). The first kappa shape index (κ1) is 17.8. The summed E-state index contributed by atoms with van der Waals surface area (Å²) in [6.45, 7) is 15.5. The lowest BCUT2D eigenvalue weighted by molar-refractivity contribution is 0.138. The monoisotopic (exact) mass is 317 g/mol. The normalized spacial score (nSPS) is 16.2. The van der Waals surface area contributed by atoms with Crippen molar-refractivity contribution in [3.63, 3.8) is 0 Å². The van der Waals surface area contributed by atoms with Crippen LogP contribution in [-0.4, -0.2) is 48.6 Å². The fourth-order valence-corrected chi connectivity index (χ4v) is 3.18. The number of anilines is 1. The fraction of sp³-hybridized carbons (Fsp3) is 0.632. The smallest absolute Gasteiger partial charge is 0.321 e. The zero-order valence-electron chi connectivity index (χ0n) is 15.2. The van der Waals surface area contributed by atoms with Gasteiger partial charge in [-0.25, -0.2) is 4.79 Å². The van der Waals surface area contributed by atoms with Gasteiger partial charge < -0.3 is 10.2 Å². The van der Waals surface area contributed by atoms with Crippen LogP contribution in [0.4, 0.5) is 10.5 Å². The first-order valence-electron chi connectivity index (χ1n) is 8.76. The lowest BCUT2D eigenvalue weighted by Gasteiger charge is -2.35. The molecule has 4 heteroatoms. The Morgan fingerprint density at radius 2 is 1.78 bits per heavy atom. The summed E-state index contributed by atoms with van der Waals surface area (Å²) in [4.78, 5) is 17.0. The quantitative estimate of drug-likeness (QED) is 0.913. The predicted molar refractivity (Wildman–Crippen MR) is 97.1 cm³/mol. The SMILES string of the molecule is Cc1cccc(C(C)C)c1NC(=O)N1CCN(CC(C)C)CC1. The molecule has 1 aromatic rings. The zero-order chi connectivity index (χ0) is 17.0. The molecule has 0 radical (unpaired) electrons. The van der Waals surface area contributed by atoms with Crippen LogP contribution in [-0.2, 0) is 0 Å². The van der Waals surface area contributed by atoms with Gasteiger partial charge in [0.15, 0.2) is 0 Å². The number of amides is 2. The average molecular weight is 317 g/mol. The number of piperazine rings is 1. The molecule has 4 nitrogen and oxygen atoms in total. The van der Waals surface area contributed by atoms with Crippen molar-refractivity contribution in [2.45, 2.75) is 40.5 Å². The first-order chi connectivity index (χ1) is 10.9. The molecular weight excluding hydrogens is 286 g/mol. The summed E-state index contributed by atoms with van der Waals surface area (Å²) in [6.07, 6.45) is 0. The molecule has 0 unspecified atom stereocenters. The summed E-state index contributed by atoms with van der Waals surface area (Å²) in [5, 5.41) is 3.15. The number of hydrogen-bond donors (Lipinski definition) is 1. The van der Waals surface area contributed by atoms with Crippen LogP contribution in [0.2, 0.25) is 0 Å². The third-order valence-corrected chi connectivity index (χ3v) is 4.44. The molecule has 2 rings (SSSR count). The molecule has 1 aromatic carbocycles. The van der Waals surface area contributed by atoms with Crippen molar-refractivity contribution in [1.29, 1.82) is 0 Å². The highest BCUT2D eigenvalue weighted by Crippen LogP contribution is 2.27. The number of nitrogens with zero attached hydrogens (tertiary/aromatic N) is 2. The lowest BCUT2D eigenvalue weighted by Crippen LogP contribution is -2.50. The summed E-state index contributed by atoms with van der Waals surface area (Å²) in [7, 11) is 0. The van der Waals surface area contributed by atoms with E-state index in [2.05, 4.69) is 63.0 Å². The average Bonchev–Trinajstić information content (AvgIpc) is 2.49. The third-order valence-electron chi connectivity index (χ3n) is 4.44. The number of urea groups is 1. The van der Waals surface area contributed by atoms with Crippen molar-refractivity contribution >= 4 is 11.7 Å². The van der Waals surface area contributed by atoms with Gasteiger partial charge in [0.25, 0.3) is 0 Å². The van der Waals surface area contributed by atoms with Crippen LogP contribution in [0.15, 0.2) is 18.2 Å². The van der Waals surface area contributed by atoms with Gasteiger partial charge in [-0.3, -0.25) is 4.90 Å². The highest BCUT2D eigenvalue weighted by molar-refractivity contribution is 5.91. The molecule has 2 amide bonds. The molecule has 0 aliphatic carbocycles. The minimum Gasteiger partial charge on any atom is -0.322 e. The van der Waals surface area contributed by atoms with Gasteiger partial charge in [-0.05, 0) is 29.9 Å². The fourth-order valence-electron chi connectivity index (χ4n) is 3.18. The Labute approximate surface area is 140 Å². The molecule has 1 saturated heterocycles. The minimum absolute atomic E-state index is 0.0328. The second-order valence-corrected chi connectivity index (χ2v) is 7.31. The second-order valence-electron chi connectivity index (χ2n) is 7.31. The minimum atomic E-state index is 0.0328. The number of para-hydroxylation sites is 1. The first-order valence-corrected chi connectivity index (χ1v) is 8.76. The van der Waals surface area contributed by atoms with Crippen LogP contribution in [0.1, 0.15) is 44.7 Å². The maximum atomic E-state index is 12.6. The van der Waals surface area contributed by atoms with E-state index in [1.807, 2.05) is 4.90 Å². The van der Waals surface area contributed by atoms with Crippen molar-refractivity contribution < 1.29 is 4.79 Å². The molecule has 0 saturated carbocycles. The largest absolute Gasteiger partial charge is 0.322 e. The van der Waals surface area contributed by atoms with Crippen LogP contribution >= 0.6 is 0 Å². The van der Waals surface area contributed by atoms with Crippen molar-refractivity contribution in [2.75, 3.05) is 38.0 Å². The van der Waals surface area contributed by atoms with E-state index in [1.54, 1.807) is 0 Å². The number of rotatable bonds is 4. The molecular formula is C19H31N3O. The molecule has 1 aliphatic rings. The summed E-state index contributed by atoms with van der Waals surface area (Å²) >= 11 is 0. The molecule has 1 heterocycles. The van der Waals surface area contributed by atoms with Crippen LogP contribution in [0, 0.1) is 12.8 Å². The highest BCUT2D eigenvalue weighted by atomic mass is 16.2. The Bertz CT molecular complexity index is 531. The van der Waals surface area contributed by atoms with E-state index in [-0.39, 0.29) is 6.03 Å². The van der Waals surface area contributed by atoms with Crippen molar-refractivity contribution in [2.24, 2.45) is 5.92 Å². The van der Waals surface area contributed by atoms with E-state index >= 15 is 0 Å². The molecule has 0 atom stereocenters. The zero-order valence-corrected chi connectivity index (χ0v) is 15.2. The third kappa shape index (κ3) is 4.71. The Kier molecular flexibility index (Phi) is 6.05. The maximum Gasteiger partial charge on any atom is 0.321 e. The van der Waals surface area contributed by atoms with Crippen molar-refractivity contribution in [3.8, 4) is 0 Å². The second kappa shape index (κ2) is 7.82. The summed E-state index contributed by atoms with van der Waals surface area (Å²) < 4.78 is 0. The lowest BCUT2D eigenvalue weighted by atomic mass is 9.98. The number of nitrogens with one attached hydrogen (secondary N) is 1. The maximum absolute atomic E-state index is 12.6. The van der Waals surface area contributed by atoms with Gasteiger partial charge in [-0.1, -0.05) is 45.9 Å². The molecule has 1 N–H and O–H groups in total. The summed E-state index contributed by atoms with van der Waals surface area (Å²) in [5.74, 6) is 1.07. The van der Waals surface area contributed by atoms with E-state index < -0.39 is 0 Å². The Hall–Kier alpha value is -1.55. The number of aryl methyl sites for hydroxylation is 1. The molecule has 1 aliphatic heterocycles. The summed E-state index contributed by atoms with van der Waals surface area (Å²) in [5.41, 5.74) is 3.32. The van der Waals surface area contributed by atoms with Crippen LogP contribution < -0.4 is 5.32 Å². The molecule has 0 aromatic heterocycles. The van der Waals surface area contributed by atoms with E-state index in [4.69, 9.17) is 0 Å². The van der Waals surface area contributed by atoms with E-state index in [0.717, 1.165) is 44.0 Å².